The maximum absolute atomic E-state index is 9.10. The summed E-state index contributed by atoms with van der Waals surface area (Å²) in [7, 11) is 0. The van der Waals surface area contributed by atoms with Gasteiger partial charge in [0.1, 0.15) is 12.1 Å². The minimum Gasteiger partial charge on any atom is -0.395 e. The summed E-state index contributed by atoms with van der Waals surface area (Å²) >= 11 is 0. The normalized spacial score (nSPS) is 25.3. The third kappa shape index (κ3) is 3.55. The minimum absolute atomic E-state index is 0.0354. The van der Waals surface area contributed by atoms with Crippen LogP contribution in [-0.2, 0) is 4.74 Å². The van der Waals surface area contributed by atoms with Gasteiger partial charge in [0.2, 0.25) is 0 Å². The van der Waals surface area contributed by atoms with E-state index in [9.17, 15) is 0 Å². The number of morpholine rings is 1. The Labute approximate surface area is 130 Å². The van der Waals surface area contributed by atoms with Crippen molar-refractivity contribution in [1.82, 2.24) is 15.3 Å². The third-order valence-corrected chi connectivity index (χ3v) is 4.48. The van der Waals surface area contributed by atoms with E-state index in [1.165, 1.54) is 0 Å². The van der Waals surface area contributed by atoms with Crippen molar-refractivity contribution in [2.45, 2.75) is 30.8 Å². The monoisotopic (exact) mass is 308 g/mol. The molecule has 0 atom stereocenters. The smallest absolute Gasteiger partial charge is 0.132 e. The zero-order valence-electron chi connectivity index (χ0n) is 12.7. The van der Waals surface area contributed by atoms with Gasteiger partial charge in [-0.05, 0) is 12.8 Å². The number of nitrogens with one attached hydrogen (secondary N) is 1. The third-order valence-electron chi connectivity index (χ3n) is 4.48. The summed E-state index contributed by atoms with van der Waals surface area (Å²) in [5, 5.41) is 21.5. The number of aliphatic hydroxyl groups excluding tert-OH is 2. The number of nitrogens with zero attached hydrogens (tertiary/aromatic N) is 3. The van der Waals surface area contributed by atoms with E-state index in [-0.39, 0.29) is 19.3 Å². The molecule has 7 nitrogen and oxygen atoms in total. The molecule has 7 heteroatoms. The summed E-state index contributed by atoms with van der Waals surface area (Å²) in [6, 6.07) is 2.21. The van der Waals surface area contributed by atoms with Gasteiger partial charge in [0.05, 0.1) is 32.5 Å². The maximum Gasteiger partial charge on any atom is 0.132 e. The van der Waals surface area contributed by atoms with Gasteiger partial charge in [-0.25, -0.2) is 9.97 Å². The van der Waals surface area contributed by atoms with Gasteiger partial charge in [-0.3, -0.25) is 0 Å². The standard InChI is InChI=1S/C15H24N4O3/c20-8-13(9-21)18-12-5-11(6-12)14-7-15(17-10-16-14)19-1-3-22-4-2-19/h7,10-13,18,20-21H,1-6,8-9H2. The van der Waals surface area contributed by atoms with Gasteiger partial charge in [-0.15, -0.1) is 0 Å². The van der Waals surface area contributed by atoms with Crippen LogP contribution in [0, 0.1) is 0 Å². The molecule has 1 saturated carbocycles. The van der Waals surface area contributed by atoms with Gasteiger partial charge in [-0.2, -0.15) is 0 Å². The van der Waals surface area contributed by atoms with Crippen LogP contribution in [0.15, 0.2) is 12.4 Å². The molecule has 1 aromatic heterocycles. The Morgan fingerprint density at radius 2 is 1.95 bits per heavy atom. The van der Waals surface area contributed by atoms with Gasteiger partial charge in [0.15, 0.2) is 0 Å². The van der Waals surface area contributed by atoms with Gasteiger partial charge in [0, 0.05) is 36.8 Å². The van der Waals surface area contributed by atoms with Crippen molar-refractivity contribution in [3.63, 3.8) is 0 Å². The Hall–Kier alpha value is -1.28. The van der Waals surface area contributed by atoms with Crippen molar-refractivity contribution in [1.29, 1.82) is 0 Å². The SMILES string of the molecule is OCC(CO)NC1CC(c2cc(N3CCOCC3)ncn2)C1. The number of aliphatic hydroxyl groups is 2. The largest absolute Gasteiger partial charge is 0.395 e. The summed E-state index contributed by atoms with van der Waals surface area (Å²) in [5.41, 5.74) is 1.08. The Balaban J connectivity index is 1.55. The number of anilines is 1. The fraction of sp³-hybridized carbons (Fsp3) is 0.733. The van der Waals surface area contributed by atoms with Gasteiger partial charge >= 0.3 is 0 Å². The lowest BCUT2D eigenvalue weighted by atomic mass is 9.77. The van der Waals surface area contributed by atoms with E-state index in [0.717, 1.165) is 50.7 Å². The molecular weight excluding hydrogens is 284 g/mol. The summed E-state index contributed by atoms with van der Waals surface area (Å²) < 4.78 is 5.37. The highest BCUT2D eigenvalue weighted by molar-refractivity contribution is 5.40. The molecule has 2 aliphatic rings. The maximum atomic E-state index is 9.10. The first-order valence-corrected chi connectivity index (χ1v) is 7.92. The van der Waals surface area contributed by atoms with Crippen LogP contribution in [0.4, 0.5) is 5.82 Å². The zero-order valence-corrected chi connectivity index (χ0v) is 12.7. The predicted octanol–water partition coefficient (Wildman–Crippen LogP) is -0.498. The van der Waals surface area contributed by atoms with Crippen LogP contribution in [0.1, 0.15) is 24.5 Å². The van der Waals surface area contributed by atoms with Crippen molar-refractivity contribution in [3.05, 3.63) is 18.1 Å². The van der Waals surface area contributed by atoms with Crippen molar-refractivity contribution in [2.75, 3.05) is 44.4 Å². The van der Waals surface area contributed by atoms with Crippen LogP contribution in [0.3, 0.4) is 0 Å². The molecule has 3 rings (SSSR count). The molecule has 0 unspecified atom stereocenters. The summed E-state index contributed by atoms with van der Waals surface area (Å²) in [5.74, 6) is 1.41. The van der Waals surface area contributed by atoms with Crippen molar-refractivity contribution >= 4 is 5.82 Å². The van der Waals surface area contributed by atoms with Crippen LogP contribution in [0.25, 0.3) is 0 Å². The quantitative estimate of drug-likeness (QED) is 0.653. The second kappa shape index (κ2) is 7.32. The van der Waals surface area contributed by atoms with Gasteiger partial charge in [0.25, 0.3) is 0 Å². The first-order valence-electron chi connectivity index (χ1n) is 7.92. The lowest BCUT2D eigenvalue weighted by Crippen LogP contribution is -2.48. The molecule has 22 heavy (non-hydrogen) atoms. The lowest BCUT2D eigenvalue weighted by molar-refractivity contribution is 0.122. The highest BCUT2D eigenvalue weighted by atomic mass is 16.5. The minimum atomic E-state index is -0.222. The molecule has 1 aliphatic heterocycles. The topological polar surface area (TPSA) is 90.7 Å². The fourth-order valence-electron chi connectivity index (χ4n) is 3.04. The Kier molecular flexibility index (Phi) is 5.20. The second-order valence-electron chi connectivity index (χ2n) is 5.99. The molecular formula is C15H24N4O3. The van der Waals surface area contributed by atoms with Crippen LogP contribution in [0.5, 0.6) is 0 Å². The van der Waals surface area contributed by atoms with Gasteiger partial charge < -0.3 is 25.2 Å². The van der Waals surface area contributed by atoms with E-state index >= 15 is 0 Å². The summed E-state index contributed by atoms with van der Waals surface area (Å²) in [6.45, 7) is 3.18. The highest BCUT2D eigenvalue weighted by Crippen LogP contribution is 2.36. The number of hydrogen-bond donors (Lipinski definition) is 3. The first-order chi connectivity index (χ1) is 10.8. The lowest BCUT2D eigenvalue weighted by Gasteiger charge is -2.38. The summed E-state index contributed by atoms with van der Waals surface area (Å²) in [4.78, 5) is 11.0. The van der Waals surface area contributed by atoms with E-state index in [1.54, 1.807) is 6.33 Å². The fourth-order valence-corrected chi connectivity index (χ4v) is 3.04. The van der Waals surface area contributed by atoms with Crippen molar-refractivity contribution in [3.8, 4) is 0 Å². The molecule has 2 heterocycles. The molecule has 0 amide bonds. The van der Waals surface area contributed by atoms with E-state index in [4.69, 9.17) is 14.9 Å². The Bertz CT molecular complexity index is 472. The molecule has 0 aromatic carbocycles. The molecule has 2 fully saturated rings. The molecule has 0 spiro atoms. The number of aromatic nitrogens is 2. The number of rotatable bonds is 6. The van der Waals surface area contributed by atoms with E-state index < -0.39 is 0 Å². The van der Waals surface area contributed by atoms with Crippen molar-refractivity contribution < 1.29 is 14.9 Å². The molecule has 122 valence electrons. The molecule has 1 aromatic rings. The predicted molar refractivity (Wildman–Crippen MR) is 81.9 cm³/mol. The molecule has 1 aliphatic carbocycles. The molecule has 0 radical (unpaired) electrons. The highest BCUT2D eigenvalue weighted by Gasteiger charge is 2.32. The summed E-state index contributed by atoms with van der Waals surface area (Å²) in [6.07, 6.45) is 3.61. The van der Waals surface area contributed by atoms with Crippen molar-refractivity contribution in [2.24, 2.45) is 0 Å². The average molecular weight is 308 g/mol. The van der Waals surface area contributed by atoms with Crippen LogP contribution < -0.4 is 10.2 Å². The van der Waals surface area contributed by atoms with Crippen LogP contribution in [0.2, 0.25) is 0 Å². The number of ether oxygens (including phenoxy) is 1. The number of hydrogen-bond acceptors (Lipinski definition) is 7. The Morgan fingerprint density at radius 3 is 2.64 bits per heavy atom. The second-order valence-corrected chi connectivity index (χ2v) is 5.99. The van der Waals surface area contributed by atoms with E-state index in [1.807, 2.05) is 0 Å². The molecule has 3 N–H and O–H groups in total. The molecule has 1 saturated heterocycles. The van der Waals surface area contributed by atoms with E-state index in [2.05, 4.69) is 26.3 Å². The zero-order chi connectivity index (χ0) is 15.4. The molecule has 0 bridgehead atoms. The van der Waals surface area contributed by atoms with E-state index in [0.29, 0.717) is 12.0 Å². The van der Waals surface area contributed by atoms with Gasteiger partial charge in [-0.1, -0.05) is 0 Å². The van der Waals surface area contributed by atoms with Crippen LogP contribution >= 0.6 is 0 Å². The average Bonchev–Trinajstić information content (AvgIpc) is 2.55. The van der Waals surface area contributed by atoms with Crippen LogP contribution in [-0.4, -0.2) is 71.8 Å². The Morgan fingerprint density at radius 1 is 1.23 bits per heavy atom. The first kappa shape index (κ1) is 15.6.